The Kier molecular flexibility index (Phi) is 4.14. The predicted octanol–water partition coefficient (Wildman–Crippen LogP) is 2.76. The fraction of sp³-hybridized carbons (Fsp3) is 0.421. The molecule has 2 aromatic rings. The molecular formula is C19H23N3O3. The van der Waals surface area contributed by atoms with Gasteiger partial charge in [-0.3, -0.25) is 9.59 Å². The highest BCUT2D eigenvalue weighted by Gasteiger charge is 2.50. The summed E-state index contributed by atoms with van der Waals surface area (Å²) in [7, 11) is 0. The van der Waals surface area contributed by atoms with Crippen molar-refractivity contribution in [2.24, 2.45) is 5.41 Å². The van der Waals surface area contributed by atoms with Crippen molar-refractivity contribution in [3.63, 3.8) is 0 Å². The Labute approximate surface area is 146 Å². The molecule has 132 valence electrons. The van der Waals surface area contributed by atoms with Gasteiger partial charge in [-0.15, -0.1) is 0 Å². The zero-order valence-corrected chi connectivity index (χ0v) is 14.7. The van der Waals surface area contributed by atoms with Crippen molar-refractivity contribution in [3.8, 4) is 5.69 Å². The lowest BCUT2D eigenvalue weighted by Gasteiger charge is -2.17. The summed E-state index contributed by atoms with van der Waals surface area (Å²) in [5.41, 5.74) is 0.951. The summed E-state index contributed by atoms with van der Waals surface area (Å²) in [4.78, 5) is 24.0. The van der Waals surface area contributed by atoms with Gasteiger partial charge < -0.3 is 10.4 Å². The molecule has 0 aliphatic heterocycles. The first-order chi connectivity index (χ1) is 11.7. The summed E-state index contributed by atoms with van der Waals surface area (Å²) in [5, 5.41) is 16.7. The highest BCUT2D eigenvalue weighted by Crippen LogP contribution is 2.45. The standard InChI is InChI=1S/C19H23N3O3/c1-18(2,3)15-14(11-22(21-15)13-7-5-4-6-8-13)16(23)20-12-19(9-10-19)17(24)25/h4-8,11H,9-10,12H2,1-3H3,(H,20,23)(H,24,25). The Morgan fingerprint density at radius 1 is 1.24 bits per heavy atom. The molecule has 0 atom stereocenters. The van der Waals surface area contributed by atoms with Crippen LogP contribution in [0.3, 0.4) is 0 Å². The third-order valence-corrected chi connectivity index (χ3v) is 4.58. The van der Waals surface area contributed by atoms with Crippen LogP contribution < -0.4 is 5.32 Å². The van der Waals surface area contributed by atoms with E-state index >= 15 is 0 Å². The van der Waals surface area contributed by atoms with Gasteiger partial charge in [-0.1, -0.05) is 39.0 Å². The molecule has 6 heteroatoms. The van der Waals surface area contributed by atoms with Gasteiger partial charge in [0.25, 0.3) is 5.91 Å². The number of rotatable bonds is 5. The number of hydrogen-bond donors (Lipinski definition) is 2. The van der Waals surface area contributed by atoms with Crippen molar-refractivity contribution in [3.05, 3.63) is 47.8 Å². The average Bonchev–Trinajstić information content (AvgIpc) is 3.22. The molecule has 0 spiro atoms. The van der Waals surface area contributed by atoms with E-state index < -0.39 is 11.4 Å². The normalized spacial score (nSPS) is 15.6. The number of para-hydroxylation sites is 1. The van der Waals surface area contributed by atoms with Gasteiger partial charge in [0.2, 0.25) is 0 Å². The molecule has 0 saturated heterocycles. The summed E-state index contributed by atoms with van der Waals surface area (Å²) >= 11 is 0. The van der Waals surface area contributed by atoms with Crippen molar-refractivity contribution in [2.45, 2.75) is 39.0 Å². The fourth-order valence-electron chi connectivity index (χ4n) is 2.77. The molecule has 0 bridgehead atoms. The number of amides is 1. The monoisotopic (exact) mass is 341 g/mol. The van der Waals surface area contributed by atoms with Crippen molar-refractivity contribution >= 4 is 11.9 Å². The van der Waals surface area contributed by atoms with Crippen LogP contribution in [0.1, 0.15) is 49.7 Å². The summed E-state index contributed by atoms with van der Waals surface area (Å²) in [6.45, 7) is 6.16. The van der Waals surface area contributed by atoms with E-state index in [0.717, 1.165) is 5.69 Å². The molecule has 1 amide bonds. The van der Waals surface area contributed by atoms with Crippen LogP contribution in [-0.2, 0) is 10.2 Å². The smallest absolute Gasteiger partial charge is 0.311 e. The van der Waals surface area contributed by atoms with Crippen molar-refractivity contribution in [1.82, 2.24) is 15.1 Å². The molecule has 0 radical (unpaired) electrons. The van der Waals surface area contributed by atoms with E-state index in [1.165, 1.54) is 0 Å². The van der Waals surface area contributed by atoms with Crippen LogP contribution in [-0.4, -0.2) is 33.3 Å². The van der Waals surface area contributed by atoms with Crippen LogP contribution in [0.5, 0.6) is 0 Å². The van der Waals surface area contributed by atoms with E-state index in [1.807, 2.05) is 51.1 Å². The van der Waals surface area contributed by atoms with Crippen molar-refractivity contribution in [2.75, 3.05) is 6.54 Å². The van der Waals surface area contributed by atoms with Gasteiger partial charge >= 0.3 is 5.97 Å². The first-order valence-corrected chi connectivity index (χ1v) is 8.40. The number of carbonyl (C=O) groups is 2. The van der Waals surface area contributed by atoms with E-state index in [9.17, 15) is 14.7 Å². The highest BCUT2D eigenvalue weighted by atomic mass is 16.4. The van der Waals surface area contributed by atoms with Gasteiger partial charge in [-0.05, 0) is 25.0 Å². The average molecular weight is 341 g/mol. The molecule has 0 unspecified atom stereocenters. The maximum Gasteiger partial charge on any atom is 0.311 e. The molecular weight excluding hydrogens is 318 g/mol. The van der Waals surface area contributed by atoms with Crippen LogP contribution in [0, 0.1) is 5.41 Å². The molecule has 1 saturated carbocycles. The minimum absolute atomic E-state index is 0.154. The Morgan fingerprint density at radius 3 is 2.40 bits per heavy atom. The predicted molar refractivity (Wildman–Crippen MR) is 93.9 cm³/mol. The summed E-state index contributed by atoms with van der Waals surface area (Å²) in [5.74, 6) is -1.12. The second kappa shape index (κ2) is 6.02. The van der Waals surface area contributed by atoms with Crippen LogP contribution >= 0.6 is 0 Å². The zero-order chi connectivity index (χ0) is 18.2. The van der Waals surface area contributed by atoms with Gasteiger partial charge in [0, 0.05) is 18.2 Å². The minimum Gasteiger partial charge on any atom is -0.481 e. The second-order valence-electron chi connectivity index (χ2n) is 7.69. The molecule has 3 rings (SSSR count). The van der Waals surface area contributed by atoms with Gasteiger partial charge in [0.05, 0.1) is 22.4 Å². The summed E-state index contributed by atoms with van der Waals surface area (Å²) < 4.78 is 1.69. The summed E-state index contributed by atoms with van der Waals surface area (Å²) in [6, 6.07) is 9.59. The second-order valence-corrected chi connectivity index (χ2v) is 7.69. The van der Waals surface area contributed by atoms with Crippen LogP contribution in [0.15, 0.2) is 36.5 Å². The first-order valence-electron chi connectivity index (χ1n) is 8.40. The van der Waals surface area contributed by atoms with Gasteiger partial charge in [-0.2, -0.15) is 5.10 Å². The number of aromatic nitrogens is 2. The van der Waals surface area contributed by atoms with E-state index in [4.69, 9.17) is 0 Å². The lowest BCUT2D eigenvalue weighted by atomic mass is 9.89. The van der Waals surface area contributed by atoms with Crippen LogP contribution in [0.4, 0.5) is 0 Å². The highest BCUT2D eigenvalue weighted by molar-refractivity contribution is 5.96. The molecule has 1 aromatic heterocycles. The third kappa shape index (κ3) is 3.43. The Hall–Kier alpha value is -2.63. The van der Waals surface area contributed by atoms with E-state index in [1.54, 1.807) is 10.9 Å². The number of carbonyl (C=O) groups excluding carboxylic acids is 1. The maximum absolute atomic E-state index is 12.7. The molecule has 6 nitrogen and oxygen atoms in total. The molecule has 1 aromatic carbocycles. The number of benzene rings is 1. The molecule has 1 fully saturated rings. The van der Waals surface area contributed by atoms with E-state index in [-0.39, 0.29) is 17.9 Å². The topological polar surface area (TPSA) is 84.2 Å². The Balaban J connectivity index is 1.88. The SMILES string of the molecule is CC(C)(C)c1nn(-c2ccccc2)cc1C(=O)NCC1(C(=O)O)CC1. The number of carboxylic acid groups (broad SMARTS) is 1. The van der Waals surface area contributed by atoms with E-state index in [0.29, 0.717) is 24.1 Å². The Bertz CT molecular complexity index is 799. The number of nitrogens with one attached hydrogen (secondary N) is 1. The van der Waals surface area contributed by atoms with Gasteiger partial charge in [0.1, 0.15) is 0 Å². The van der Waals surface area contributed by atoms with Gasteiger partial charge in [0.15, 0.2) is 0 Å². The maximum atomic E-state index is 12.7. The summed E-state index contributed by atoms with van der Waals surface area (Å²) in [6.07, 6.45) is 2.93. The van der Waals surface area contributed by atoms with Crippen LogP contribution in [0.2, 0.25) is 0 Å². The van der Waals surface area contributed by atoms with Crippen molar-refractivity contribution in [1.29, 1.82) is 0 Å². The largest absolute Gasteiger partial charge is 0.481 e. The number of carboxylic acids is 1. The quantitative estimate of drug-likeness (QED) is 0.876. The Morgan fingerprint density at radius 2 is 1.88 bits per heavy atom. The number of hydrogen-bond acceptors (Lipinski definition) is 3. The molecule has 2 N–H and O–H groups in total. The molecule has 1 heterocycles. The van der Waals surface area contributed by atoms with Crippen LogP contribution in [0.25, 0.3) is 5.69 Å². The number of nitrogens with zero attached hydrogens (tertiary/aromatic N) is 2. The minimum atomic E-state index is -0.844. The van der Waals surface area contributed by atoms with Gasteiger partial charge in [-0.25, -0.2) is 4.68 Å². The fourth-order valence-corrected chi connectivity index (χ4v) is 2.77. The first kappa shape index (κ1) is 17.2. The molecule has 1 aliphatic carbocycles. The number of aliphatic carboxylic acids is 1. The zero-order valence-electron chi connectivity index (χ0n) is 14.7. The van der Waals surface area contributed by atoms with E-state index in [2.05, 4.69) is 10.4 Å². The molecule has 1 aliphatic rings. The molecule has 25 heavy (non-hydrogen) atoms. The lowest BCUT2D eigenvalue weighted by molar-refractivity contribution is -0.143. The third-order valence-electron chi connectivity index (χ3n) is 4.58. The van der Waals surface area contributed by atoms with Crippen molar-refractivity contribution < 1.29 is 14.7 Å². The lowest BCUT2D eigenvalue weighted by Crippen LogP contribution is -2.35.